The molecule has 0 bridgehead atoms. The molecule has 124 valence electrons. The molecule has 0 unspecified atom stereocenters. The molecule has 0 nitrogen and oxygen atoms in total. The van der Waals surface area contributed by atoms with Gasteiger partial charge in [-0.05, 0) is 74.1 Å². The number of hydrogen-bond donors (Lipinski definition) is 0. The highest BCUT2D eigenvalue weighted by Gasteiger charge is 2.13. The summed E-state index contributed by atoms with van der Waals surface area (Å²) < 4.78 is 1.12. The zero-order valence-electron chi connectivity index (χ0n) is 14.5. The second kappa shape index (κ2) is 5.96. The summed E-state index contributed by atoms with van der Waals surface area (Å²) in [4.78, 5) is 0. The summed E-state index contributed by atoms with van der Waals surface area (Å²) in [5.74, 6) is 0. The first-order valence-corrected chi connectivity index (χ1v) is 9.61. The number of fused-ring (bicyclic) bond motifs is 3. The SMILES string of the molecule is Cc1c2ccccc2c(-c2ccc3ccccc3c2)c2ccc(Br)cc12. The molecule has 0 saturated heterocycles. The molecule has 0 fully saturated rings. The summed E-state index contributed by atoms with van der Waals surface area (Å²) in [6.45, 7) is 2.22. The molecule has 0 N–H and O–H groups in total. The molecule has 0 aliphatic rings. The van der Waals surface area contributed by atoms with Crippen molar-refractivity contribution in [2.24, 2.45) is 0 Å². The van der Waals surface area contributed by atoms with Gasteiger partial charge in [-0.25, -0.2) is 0 Å². The van der Waals surface area contributed by atoms with Gasteiger partial charge in [-0.15, -0.1) is 0 Å². The van der Waals surface area contributed by atoms with Gasteiger partial charge in [-0.3, -0.25) is 0 Å². The summed E-state index contributed by atoms with van der Waals surface area (Å²) in [6.07, 6.45) is 0. The summed E-state index contributed by atoms with van der Waals surface area (Å²) >= 11 is 3.64. The van der Waals surface area contributed by atoms with Gasteiger partial charge in [0.05, 0.1) is 0 Å². The van der Waals surface area contributed by atoms with Crippen molar-refractivity contribution in [3.8, 4) is 11.1 Å². The molecule has 0 amide bonds. The minimum atomic E-state index is 1.12. The van der Waals surface area contributed by atoms with E-state index in [0.717, 1.165) is 4.47 Å². The van der Waals surface area contributed by atoms with Crippen molar-refractivity contribution >= 4 is 48.2 Å². The van der Waals surface area contributed by atoms with Crippen molar-refractivity contribution in [1.29, 1.82) is 0 Å². The lowest BCUT2D eigenvalue weighted by molar-refractivity contribution is 1.57. The predicted octanol–water partition coefficient (Wildman–Crippen LogP) is 7.88. The van der Waals surface area contributed by atoms with Crippen LogP contribution in [-0.4, -0.2) is 0 Å². The van der Waals surface area contributed by atoms with Crippen molar-refractivity contribution < 1.29 is 0 Å². The van der Waals surface area contributed by atoms with Gasteiger partial charge < -0.3 is 0 Å². The van der Waals surface area contributed by atoms with Crippen molar-refractivity contribution in [2.45, 2.75) is 6.92 Å². The third-order valence-corrected chi connectivity index (χ3v) is 5.79. The van der Waals surface area contributed by atoms with Gasteiger partial charge >= 0.3 is 0 Å². The van der Waals surface area contributed by atoms with E-state index in [9.17, 15) is 0 Å². The zero-order valence-corrected chi connectivity index (χ0v) is 16.0. The molecule has 0 heterocycles. The van der Waals surface area contributed by atoms with Gasteiger partial charge in [0.2, 0.25) is 0 Å². The first-order valence-electron chi connectivity index (χ1n) is 8.82. The van der Waals surface area contributed by atoms with E-state index in [-0.39, 0.29) is 0 Å². The second-order valence-electron chi connectivity index (χ2n) is 6.80. The van der Waals surface area contributed by atoms with Crippen LogP contribution in [-0.2, 0) is 0 Å². The van der Waals surface area contributed by atoms with Crippen LogP contribution in [0.1, 0.15) is 5.56 Å². The van der Waals surface area contributed by atoms with Gasteiger partial charge in [0.1, 0.15) is 0 Å². The molecule has 26 heavy (non-hydrogen) atoms. The van der Waals surface area contributed by atoms with Crippen LogP contribution in [0.15, 0.2) is 89.4 Å². The van der Waals surface area contributed by atoms with E-state index in [1.165, 1.54) is 49.0 Å². The van der Waals surface area contributed by atoms with Gasteiger partial charge in [-0.1, -0.05) is 82.7 Å². The Hall–Kier alpha value is -2.64. The lowest BCUT2D eigenvalue weighted by Gasteiger charge is -2.16. The number of rotatable bonds is 1. The maximum atomic E-state index is 3.64. The number of halogens is 1. The molecule has 0 aliphatic carbocycles. The maximum Gasteiger partial charge on any atom is 0.0181 e. The summed E-state index contributed by atoms with van der Waals surface area (Å²) in [6, 6.07) is 30.7. The fourth-order valence-electron chi connectivity index (χ4n) is 4.02. The molecule has 1 heteroatoms. The highest BCUT2D eigenvalue weighted by molar-refractivity contribution is 9.10. The Morgan fingerprint density at radius 1 is 0.577 bits per heavy atom. The topological polar surface area (TPSA) is 0 Å². The van der Waals surface area contributed by atoms with Crippen molar-refractivity contribution in [3.63, 3.8) is 0 Å². The molecule has 0 aliphatic heterocycles. The monoisotopic (exact) mass is 396 g/mol. The Kier molecular flexibility index (Phi) is 3.58. The average molecular weight is 397 g/mol. The zero-order chi connectivity index (χ0) is 17.7. The molecular weight excluding hydrogens is 380 g/mol. The second-order valence-corrected chi connectivity index (χ2v) is 7.71. The van der Waals surface area contributed by atoms with Gasteiger partial charge in [0.15, 0.2) is 0 Å². The predicted molar refractivity (Wildman–Crippen MR) is 117 cm³/mol. The lowest BCUT2D eigenvalue weighted by Crippen LogP contribution is -1.90. The molecule has 0 spiro atoms. The van der Waals surface area contributed by atoms with E-state index in [4.69, 9.17) is 0 Å². The van der Waals surface area contributed by atoms with Crippen LogP contribution in [0, 0.1) is 6.92 Å². The Balaban J connectivity index is 1.97. The minimum Gasteiger partial charge on any atom is -0.0616 e. The molecule has 0 radical (unpaired) electrons. The molecule has 5 aromatic rings. The van der Waals surface area contributed by atoms with E-state index in [2.05, 4.69) is 108 Å². The van der Waals surface area contributed by atoms with E-state index in [0.29, 0.717) is 0 Å². The van der Waals surface area contributed by atoms with E-state index >= 15 is 0 Å². The van der Waals surface area contributed by atoms with Crippen molar-refractivity contribution in [3.05, 3.63) is 95.0 Å². The fourth-order valence-corrected chi connectivity index (χ4v) is 4.38. The standard InChI is InChI=1S/C25H17Br/c1-16-21-8-4-5-9-22(21)25(23-13-12-20(26)15-24(16)23)19-11-10-17-6-2-3-7-18(17)14-19/h2-15H,1H3. The third kappa shape index (κ3) is 2.35. The largest absolute Gasteiger partial charge is 0.0616 e. The Morgan fingerprint density at radius 2 is 1.27 bits per heavy atom. The number of hydrogen-bond acceptors (Lipinski definition) is 0. The van der Waals surface area contributed by atoms with Crippen LogP contribution in [0.5, 0.6) is 0 Å². The normalized spacial score (nSPS) is 11.5. The third-order valence-electron chi connectivity index (χ3n) is 5.29. The van der Waals surface area contributed by atoms with Crippen LogP contribution in [0.2, 0.25) is 0 Å². The summed E-state index contributed by atoms with van der Waals surface area (Å²) in [5, 5.41) is 7.80. The maximum absolute atomic E-state index is 3.64. The van der Waals surface area contributed by atoms with E-state index in [1.54, 1.807) is 0 Å². The van der Waals surface area contributed by atoms with E-state index in [1.807, 2.05) is 0 Å². The molecule has 0 saturated carbocycles. The molecule has 0 atom stereocenters. The highest BCUT2D eigenvalue weighted by Crippen LogP contribution is 2.40. The Bertz CT molecular complexity index is 1300. The average Bonchev–Trinajstić information content (AvgIpc) is 2.68. The minimum absolute atomic E-state index is 1.12. The first kappa shape index (κ1) is 15.6. The molecule has 5 aromatic carbocycles. The van der Waals surface area contributed by atoms with Crippen LogP contribution in [0.25, 0.3) is 43.4 Å². The fraction of sp³-hybridized carbons (Fsp3) is 0.0400. The lowest BCUT2D eigenvalue weighted by atomic mass is 9.88. The smallest absolute Gasteiger partial charge is 0.0181 e. The van der Waals surface area contributed by atoms with Gasteiger partial charge in [0.25, 0.3) is 0 Å². The van der Waals surface area contributed by atoms with Crippen LogP contribution < -0.4 is 0 Å². The number of benzene rings is 5. The van der Waals surface area contributed by atoms with Crippen LogP contribution in [0.3, 0.4) is 0 Å². The van der Waals surface area contributed by atoms with E-state index < -0.39 is 0 Å². The first-order chi connectivity index (χ1) is 12.7. The van der Waals surface area contributed by atoms with Crippen molar-refractivity contribution in [1.82, 2.24) is 0 Å². The summed E-state index contributed by atoms with van der Waals surface area (Å²) in [7, 11) is 0. The highest BCUT2D eigenvalue weighted by atomic mass is 79.9. The Morgan fingerprint density at radius 3 is 2.12 bits per heavy atom. The summed E-state index contributed by atoms with van der Waals surface area (Å²) in [5.41, 5.74) is 3.92. The molecule has 0 aromatic heterocycles. The molecular formula is C25H17Br. The number of aryl methyl sites for hydroxylation is 1. The Labute approximate surface area is 161 Å². The van der Waals surface area contributed by atoms with Crippen molar-refractivity contribution in [2.75, 3.05) is 0 Å². The van der Waals surface area contributed by atoms with Crippen LogP contribution in [0.4, 0.5) is 0 Å². The van der Waals surface area contributed by atoms with Crippen LogP contribution >= 0.6 is 15.9 Å². The molecule has 5 rings (SSSR count). The quantitative estimate of drug-likeness (QED) is 0.252. The van der Waals surface area contributed by atoms with Gasteiger partial charge in [-0.2, -0.15) is 0 Å². The van der Waals surface area contributed by atoms with Gasteiger partial charge in [0, 0.05) is 4.47 Å².